The quantitative estimate of drug-likeness (QED) is 0.730. The summed E-state index contributed by atoms with van der Waals surface area (Å²) in [4.78, 5) is 8.60. The van der Waals surface area contributed by atoms with Crippen LogP contribution in [0.15, 0.2) is 41.3 Å². The highest BCUT2D eigenvalue weighted by Crippen LogP contribution is 2.30. The van der Waals surface area contributed by atoms with Gasteiger partial charge in [-0.1, -0.05) is 30.3 Å². The summed E-state index contributed by atoms with van der Waals surface area (Å²) in [6.07, 6.45) is 2.10. The highest BCUT2D eigenvalue weighted by Gasteiger charge is 2.17. The SMILES string of the molecule is Cn1nc(Br)c2c(N[C@@H](CCO)c3ccccc3)ncnc21. The van der Waals surface area contributed by atoms with E-state index in [0.717, 1.165) is 16.6 Å². The molecular formula is C15H16BrN5O. The monoisotopic (exact) mass is 361 g/mol. The Morgan fingerprint density at radius 2 is 2.05 bits per heavy atom. The maximum atomic E-state index is 9.35. The Hall–Kier alpha value is -1.99. The van der Waals surface area contributed by atoms with Crippen molar-refractivity contribution in [2.45, 2.75) is 12.5 Å². The van der Waals surface area contributed by atoms with Gasteiger partial charge in [0.1, 0.15) is 16.7 Å². The molecule has 3 aromatic rings. The molecule has 1 aromatic carbocycles. The molecule has 0 amide bonds. The van der Waals surface area contributed by atoms with E-state index in [1.54, 1.807) is 4.68 Å². The van der Waals surface area contributed by atoms with Crippen molar-refractivity contribution in [2.75, 3.05) is 11.9 Å². The van der Waals surface area contributed by atoms with E-state index in [-0.39, 0.29) is 12.6 Å². The number of nitrogens with one attached hydrogen (secondary N) is 1. The smallest absolute Gasteiger partial charge is 0.164 e. The molecule has 0 aliphatic rings. The fourth-order valence-corrected chi connectivity index (χ4v) is 3.05. The zero-order valence-electron chi connectivity index (χ0n) is 12.1. The van der Waals surface area contributed by atoms with Crippen LogP contribution >= 0.6 is 15.9 Å². The zero-order chi connectivity index (χ0) is 15.5. The lowest BCUT2D eigenvalue weighted by Gasteiger charge is -2.19. The van der Waals surface area contributed by atoms with Gasteiger partial charge in [0.25, 0.3) is 0 Å². The van der Waals surface area contributed by atoms with Crippen molar-refractivity contribution in [3.05, 3.63) is 46.8 Å². The first-order valence-electron chi connectivity index (χ1n) is 6.96. The molecule has 22 heavy (non-hydrogen) atoms. The molecule has 0 aliphatic carbocycles. The Kier molecular flexibility index (Phi) is 4.35. The van der Waals surface area contributed by atoms with Crippen LogP contribution in [0.4, 0.5) is 5.82 Å². The average Bonchev–Trinajstić information content (AvgIpc) is 2.83. The molecule has 0 saturated heterocycles. The molecule has 0 saturated carbocycles. The van der Waals surface area contributed by atoms with E-state index in [2.05, 4.69) is 36.3 Å². The number of benzene rings is 1. The lowest BCUT2D eigenvalue weighted by atomic mass is 10.0. The van der Waals surface area contributed by atoms with Gasteiger partial charge >= 0.3 is 0 Å². The molecule has 2 N–H and O–H groups in total. The van der Waals surface area contributed by atoms with Crippen LogP contribution in [0.3, 0.4) is 0 Å². The number of aromatic nitrogens is 4. The summed E-state index contributed by atoms with van der Waals surface area (Å²) in [6.45, 7) is 0.0923. The minimum Gasteiger partial charge on any atom is -0.396 e. The van der Waals surface area contributed by atoms with Gasteiger partial charge < -0.3 is 10.4 Å². The lowest BCUT2D eigenvalue weighted by Crippen LogP contribution is -2.13. The van der Waals surface area contributed by atoms with Crippen molar-refractivity contribution >= 4 is 32.8 Å². The first-order valence-corrected chi connectivity index (χ1v) is 7.75. The van der Waals surface area contributed by atoms with E-state index in [9.17, 15) is 5.11 Å². The Balaban J connectivity index is 2.00. The Labute approximate surface area is 136 Å². The topological polar surface area (TPSA) is 75.9 Å². The summed E-state index contributed by atoms with van der Waals surface area (Å²) in [6, 6.07) is 9.97. The minimum absolute atomic E-state index is 0.0311. The maximum absolute atomic E-state index is 9.35. The Morgan fingerprint density at radius 3 is 2.77 bits per heavy atom. The molecule has 0 unspecified atom stereocenters. The fraction of sp³-hybridized carbons (Fsp3) is 0.267. The van der Waals surface area contributed by atoms with Crippen molar-refractivity contribution in [1.29, 1.82) is 0 Å². The number of halogens is 1. The molecular weight excluding hydrogens is 346 g/mol. The summed E-state index contributed by atoms with van der Waals surface area (Å²) in [5.41, 5.74) is 1.85. The van der Waals surface area contributed by atoms with Crippen LogP contribution < -0.4 is 5.32 Å². The van der Waals surface area contributed by atoms with E-state index in [4.69, 9.17) is 0 Å². The van der Waals surface area contributed by atoms with Crippen LogP contribution in [-0.4, -0.2) is 31.5 Å². The molecule has 1 atom stereocenters. The summed E-state index contributed by atoms with van der Waals surface area (Å²) < 4.78 is 2.40. The predicted octanol–water partition coefficient (Wildman–Crippen LogP) is 2.66. The number of hydrogen-bond acceptors (Lipinski definition) is 5. The van der Waals surface area contributed by atoms with Gasteiger partial charge in [0.2, 0.25) is 0 Å². The number of aryl methyl sites for hydroxylation is 1. The number of aliphatic hydroxyl groups is 1. The number of hydrogen-bond donors (Lipinski definition) is 2. The maximum Gasteiger partial charge on any atom is 0.164 e. The van der Waals surface area contributed by atoms with Crippen LogP contribution in [0.1, 0.15) is 18.0 Å². The predicted molar refractivity (Wildman–Crippen MR) is 88.5 cm³/mol. The van der Waals surface area contributed by atoms with Gasteiger partial charge in [-0.3, -0.25) is 0 Å². The van der Waals surface area contributed by atoms with Crippen molar-refractivity contribution in [3.8, 4) is 0 Å². The van der Waals surface area contributed by atoms with E-state index >= 15 is 0 Å². The summed E-state index contributed by atoms with van der Waals surface area (Å²) >= 11 is 3.45. The van der Waals surface area contributed by atoms with Gasteiger partial charge in [0, 0.05) is 13.7 Å². The van der Waals surface area contributed by atoms with Crippen LogP contribution in [0.5, 0.6) is 0 Å². The molecule has 0 bridgehead atoms. The zero-order valence-corrected chi connectivity index (χ0v) is 13.7. The molecule has 0 spiro atoms. The standard InChI is InChI=1S/C15H16BrN5O/c1-21-15-12(13(16)20-21)14(17-9-18-15)19-11(7-8-22)10-5-3-2-4-6-10/h2-6,9,11,22H,7-8H2,1H3,(H,17,18,19)/t11-/m0/s1. The number of rotatable bonds is 5. The van der Waals surface area contributed by atoms with Gasteiger partial charge in [-0.15, -0.1) is 0 Å². The lowest BCUT2D eigenvalue weighted by molar-refractivity contribution is 0.280. The van der Waals surface area contributed by atoms with E-state index in [1.807, 2.05) is 37.4 Å². The number of anilines is 1. The second-order valence-corrected chi connectivity index (χ2v) is 5.71. The second kappa shape index (κ2) is 6.41. The Morgan fingerprint density at radius 1 is 1.27 bits per heavy atom. The van der Waals surface area contributed by atoms with Crippen molar-refractivity contribution in [3.63, 3.8) is 0 Å². The molecule has 7 heteroatoms. The first-order chi connectivity index (χ1) is 10.7. The van der Waals surface area contributed by atoms with Gasteiger partial charge in [-0.2, -0.15) is 5.10 Å². The molecule has 114 valence electrons. The molecule has 2 heterocycles. The normalized spacial score (nSPS) is 12.5. The van der Waals surface area contributed by atoms with Gasteiger partial charge in [-0.25, -0.2) is 14.6 Å². The molecule has 0 fully saturated rings. The van der Waals surface area contributed by atoms with E-state index in [0.29, 0.717) is 16.8 Å². The van der Waals surface area contributed by atoms with Crippen molar-refractivity contribution in [1.82, 2.24) is 19.7 Å². The molecule has 0 radical (unpaired) electrons. The number of aliphatic hydroxyl groups excluding tert-OH is 1. The van der Waals surface area contributed by atoms with Crippen molar-refractivity contribution in [2.24, 2.45) is 7.05 Å². The average molecular weight is 362 g/mol. The number of fused-ring (bicyclic) bond motifs is 1. The van der Waals surface area contributed by atoms with Crippen LogP contribution in [-0.2, 0) is 7.05 Å². The van der Waals surface area contributed by atoms with Gasteiger partial charge in [-0.05, 0) is 27.9 Å². The summed E-state index contributed by atoms with van der Waals surface area (Å²) in [5.74, 6) is 0.701. The van der Waals surface area contributed by atoms with Crippen LogP contribution in [0.2, 0.25) is 0 Å². The van der Waals surface area contributed by atoms with Crippen LogP contribution in [0.25, 0.3) is 11.0 Å². The third-order valence-electron chi connectivity index (χ3n) is 3.51. The summed E-state index contributed by atoms with van der Waals surface area (Å²) in [5, 5.41) is 17.9. The van der Waals surface area contributed by atoms with Gasteiger partial charge in [0.05, 0.1) is 11.4 Å². The van der Waals surface area contributed by atoms with Crippen LogP contribution in [0, 0.1) is 0 Å². The van der Waals surface area contributed by atoms with Crippen molar-refractivity contribution < 1.29 is 5.11 Å². The first kappa shape index (κ1) is 14.9. The van der Waals surface area contributed by atoms with E-state index in [1.165, 1.54) is 6.33 Å². The highest BCUT2D eigenvalue weighted by molar-refractivity contribution is 9.10. The third-order valence-corrected chi connectivity index (χ3v) is 4.06. The fourth-order valence-electron chi connectivity index (χ4n) is 2.45. The summed E-state index contributed by atoms with van der Waals surface area (Å²) in [7, 11) is 1.84. The molecule has 0 aliphatic heterocycles. The molecule has 6 nitrogen and oxygen atoms in total. The largest absolute Gasteiger partial charge is 0.396 e. The molecule has 2 aromatic heterocycles. The Bertz CT molecular complexity index is 774. The minimum atomic E-state index is -0.0311. The highest BCUT2D eigenvalue weighted by atomic mass is 79.9. The van der Waals surface area contributed by atoms with E-state index < -0.39 is 0 Å². The second-order valence-electron chi connectivity index (χ2n) is 4.96. The van der Waals surface area contributed by atoms with Gasteiger partial charge in [0.15, 0.2) is 5.65 Å². The third kappa shape index (κ3) is 2.82. The number of nitrogens with zero attached hydrogens (tertiary/aromatic N) is 4. The molecule has 3 rings (SSSR count).